The number of esters is 1. The van der Waals surface area contributed by atoms with Crippen LogP contribution in [0.4, 0.5) is 19.0 Å². The topological polar surface area (TPSA) is 85.5 Å². The maximum Gasteiger partial charge on any atom is 0.453 e. The molecule has 0 amide bonds. The van der Waals surface area contributed by atoms with E-state index >= 15 is 0 Å². The number of hydrogen-bond acceptors (Lipinski definition) is 7. The third kappa shape index (κ3) is 4.35. The Morgan fingerprint density at radius 2 is 1.88 bits per heavy atom. The maximum atomic E-state index is 13.1. The fourth-order valence-electron chi connectivity index (χ4n) is 3.97. The van der Waals surface area contributed by atoms with Crippen LogP contribution in [0, 0.1) is 5.92 Å². The molecule has 0 aliphatic carbocycles. The summed E-state index contributed by atoms with van der Waals surface area (Å²) in [5, 5.41) is 12.0. The molecule has 0 spiro atoms. The van der Waals surface area contributed by atoms with Crippen molar-refractivity contribution in [2.45, 2.75) is 25.6 Å². The van der Waals surface area contributed by atoms with Gasteiger partial charge >= 0.3 is 12.1 Å². The highest BCUT2D eigenvalue weighted by Gasteiger charge is 2.38. The minimum Gasteiger partial charge on any atom is -0.460 e. The van der Waals surface area contributed by atoms with E-state index < -0.39 is 12.0 Å². The van der Waals surface area contributed by atoms with E-state index in [1.54, 1.807) is 6.07 Å². The van der Waals surface area contributed by atoms with Crippen LogP contribution in [0.5, 0.6) is 0 Å². The summed E-state index contributed by atoms with van der Waals surface area (Å²) in [6.45, 7) is 0.905. The second-order valence-corrected chi connectivity index (χ2v) is 8.34. The number of halogens is 4. The third-order valence-electron chi connectivity index (χ3n) is 5.77. The van der Waals surface area contributed by atoms with Crippen molar-refractivity contribution in [1.29, 1.82) is 0 Å². The van der Waals surface area contributed by atoms with Gasteiger partial charge in [-0.3, -0.25) is 4.79 Å². The van der Waals surface area contributed by atoms with Crippen LogP contribution >= 0.6 is 11.6 Å². The van der Waals surface area contributed by atoms with Crippen molar-refractivity contribution in [3.63, 3.8) is 0 Å². The summed E-state index contributed by atoms with van der Waals surface area (Å²) in [4.78, 5) is 18.8. The van der Waals surface area contributed by atoms with E-state index in [1.165, 1.54) is 6.07 Å². The summed E-state index contributed by atoms with van der Waals surface area (Å²) in [6.07, 6.45) is -3.70. The summed E-state index contributed by atoms with van der Waals surface area (Å²) in [5.41, 5.74) is 1.39. The van der Waals surface area contributed by atoms with Crippen LogP contribution in [0.3, 0.4) is 0 Å². The lowest BCUT2D eigenvalue weighted by Gasteiger charge is -2.31. The van der Waals surface area contributed by atoms with Crippen LogP contribution in [0.25, 0.3) is 16.6 Å². The average molecular weight is 491 g/mol. The Balaban J connectivity index is 1.21. The van der Waals surface area contributed by atoms with Crippen LogP contribution in [0.15, 0.2) is 42.5 Å². The molecule has 3 aromatic heterocycles. The minimum absolute atomic E-state index is 0.0105. The Morgan fingerprint density at radius 3 is 2.65 bits per heavy atom. The molecule has 4 heterocycles. The third-order valence-corrected chi connectivity index (χ3v) is 6.10. The Labute approximate surface area is 196 Å². The minimum atomic E-state index is -4.66. The van der Waals surface area contributed by atoms with Gasteiger partial charge in [0.25, 0.3) is 5.82 Å². The smallest absolute Gasteiger partial charge is 0.453 e. The fraction of sp³-hybridized carbons (Fsp3) is 0.318. The average Bonchev–Trinajstić information content (AvgIpc) is 3.26. The van der Waals surface area contributed by atoms with E-state index in [0.29, 0.717) is 41.8 Å². The molecule has 8 nitrogen and oxygen atoms in total. The number of piperidine rings is 1. The first-order chi connectivity index (χ1) is 16.3. The lowest BCUT2D eigenvalue weighted by atomic mass is 9.97. The van der Waals surface area contributed by atoms with E-state index in [1.807, 2.05) is 35.2 Å². The molecule has 0 N–H and O–H groups in total. The number of aromatic nitrogens is 5. The highest BCUT2D eigenvalue weighted by molar-refractivity contribution is 6.30. The molecule has 0 radical (unpaired) electrons. The molecule has 1 saturated heterocycles. The van der Waals surface area contributed by atoms with Gasteiger partial charge in [0.1, 0.15) is 17.6 Å². The zero-order valence-corrected chi connectivity index (χ0v) is 18.4. The van der Waals surface area contributed by atoms with Crippen LogP contribution in [0.2, 0.25) is 5.15 Å². The number of rotatable bonds is 4. The molecular formula is C22H18ClF3N6O2. The van der Waals surface area contributed by atoms with Crippen LogP contribution in [-0.4, -0.2) is 43.9 Å². The van der Waals surface area contributed by atoms with E-state index in [-0.39, 0.29) is 29.3 Å². The van der Waals surface area contributed by atoms with Gasteiger partial charge in [-0.2, -0.15) is 17.7 Å². The van der Waals surface area contributed by atoms with Crippen LogP contribution in [-0.2, 0) is 22.3 Å². The molecular weight excluding hydrogens is 473 g/mol. The quantitative estimate of drug-likeness (QED) is 0.311. The van der Waals surface area contributed by atoms with Gasteiger partial charge in [0, 0.05) is 24.0 Å². The summed E-state index contributed by atoms with van der Waals surface area (Å²) < 4.78 is 45.6. The highest BCUT2D eigenvalue weighted by Crippen LogP contribution is 2.29. The number of alkyl halides is 3. The predicted molar refractivity (Wildman–Crippen MR) is 117 cm³/mol. The first kappa shape index (κ1) is 22.3. The van der Waals surface area contributed by atoms with Crippen molar-refractivity contribution in [1.82, 2.24) is 24.8 Å². The highest BCUT2D eigenvalue weighted by atomic mass is 35.5. The summed E-state index contributed by atoms with van der Waals surface area (Å²) in [5.74, 6) is -1.48. The van der Waals surface area contributed by atoms with Crippen LogP contribution < -0.4 is 4.90 Å². The van der Waals surface area contributed by atoms with Crippen molar-refractivity contribution >= 4 is 39.9 Å². The van der Waals surface area contributed by atoms with E-state index in [4.69, 9.17) is 16.3 Å². The van der Waals surface area contributed by atoms with Gasteiger partial charge in [0.2, 0.25) is 0 Å². The zero-order valence-electron chi connectivity index (χ0n) is 17.7. The summed E-state index contributed by atoms with van der Waals surface area (Å²) >= 11 is 6.23. The molecule has 0 unspecified atom stereocenters. The predicted octanol–water partition coefficient (Wildman–Crippen LogP) is 4.30. The molecule has 0 bridgehead atoms. The molecule has 1 aliphatic heterocycles. The second kappa shape index (κ2) is 8.71. The first-order valence-corrected chi connectivity index (χ1v) is 10.9. The van der Waals surface area contributed by atoms with E-state index in [0.717, 1.165) is 10.9 Å². The number of para-hydroxylation sites is 1. The number of pyridine rings is 1. The van der Waals surface area contributed by atoms with Crippen LogP contribution in [0.1, 0.15) is 24.2 Å². The second-order valence-electron chi connectivity index (χ2n) is 7.98. The number of ether oxygens (including phenoxy) is 1. The SMILES string of the molecule is O=C(OCc1cc2ccccc2nc1Cl)C1CCN(c2ccc3nnc(C(F)(F)F)n3n2)CC1. The Morgan fingerprint density at radius 1 is 1.12 bits per heavy atom. The number of hydrogen-bond donors (Lipinski definition) is 0. The standard InChI is InChI=1S/C22H18ClF3N6O2/c23-19-15(11-14-3-1-2-4-16(14)27-19)12-34-20(33)13-7-9-31(10-8-13)18-6-5-17-28-29-21(22(24,25)26)32(17)30-18/h1-6,11,13H,7-10,12H2. The van der Waals surface area contributed by atoms with Gasteiger partial charge in [0.05, 0.1) is 11.4 Å². The van der Waals surface area contributed by atoms with Gasteiger partial charge in [-0.1, -0.05) is 29.8 Å². The molecule has 5 rings (SSSR count). The number of fused-ring (bicyclic) bond motifs is 2. The molecule has 1 fully saturated rings. The fourth-order valence-corrected chi connectivity index (χ4v) is 4.17. The molecule has 1 aromatic carbocycles. The van der Waals surface area contributed by atoms with Gasteiger partial charge in [-0.15, -0.1) is 15.3 Å². The zero-order chi connectivity index (χ0) is 23.9. The van der Waals surface area contributed by atoms with Gasteiger partial charge in [0.15, 0.2) is 5.65 Å². The van der Waals surface area contributed by atoms with Gasteiger partial charge in [-0.25, -0.2) is 4.98 Å². The van der Waals surface area contributed by atoms with E-state index in [9.17, 15) is 18.0 Å². The Kier molecular flexibility index (Phi) is 5.72. The molecule has 0 atom stereocenters. The monoisotopic (exact) mass is 490 g/mol. The lowest BCUT2D eigenvalue weighted by Crippen LogP contribution is -2.37. The Bertz CT molecular complexity index is 1370. The van der Waals surface area contributed by atoms with Crippen molar-refractivity contribution < 1.29 is 22.7 Å². The van der Waals surface area contributed by atoms with E-state index in [2.05, 4.69) is 20.3 Å². The molecule has 0 saturated carbocycles. The molecule has 176 valence electrons. The largest absolute Gasteiger partial charge is 0.460 e. The molecule has 4 aromatic rings. The number of carbonyl (C=O) groups excluding carboxylic acids is 1. The number of anilines is 1. The first-order valence-electron chi connectivity index (χ1n) is 10.5. The van der Waals surface area contributed by atoms with Crippen molar-refractivity contribution in [3.05, 3.63) is 59.0 Å². The molecule has 1 aliphatic rings. The Hall–Kier alpha value is -3.47. The number of nitrogens with zero attached hydrogens (tertiary/aromatic N) is 6. The number of benzene rings is 1. The summed E-state index contributed by atoms with van der Waals surface area (Å²) in [7, 11) is 0. The van der Waals surface area contributed by atoms with Gasteiger partial charge < -0.3 is 9.64 Å². The maximum absolute atomic E-state index is 13.1. The van der Waals surface area contributed by atoms with Crippen molar-refractivity contribution in [2.24, 2.45) is 5.92 Å². The lowest BCUT2D eigenvalue weighted by molar-refractivity contribution is -0.150. The van der Waals surface area contributed by atoms with Crippen molar-refractivity contribution in [3.8, 4) is 0 Å². The van der Waals surface area contributed by atoms with Gasteiger partial charge in [-0.05, 0) is 37.1 Å². The normalized spacial score (nSPS) is 15.2. The molecule has 12 heteroatoms. The number of carbonyl (C=O) groups is 1. The van der Waals surface area contributed by atoms with Crippen molar-refractivity contribution in [2.75, 3.05) is 18.0 Å². The summed E-state index contributed by atoms with van der Waals surface area (Å²) in [6, 6.07) is 12.4. The molecule has 34 heavy (non-hydrogen) atoms.